The summed E-state index contributed by atoms with van der Waals surface area (Å²) >= 11 is 0. The highest BCUT2D eigenvalue weighted by atomic mass is 32.2. The third-order valence-electron chi connectivity index (χ3n) is 9.61. The summed E-state index contributed by atoms with van der Waals surface area (Å²) in [6, 6.07) is 37.5. The van der Waals surface area contributed by atoms with Crippen molar-refractivity contribution in [3.63, 3.8) is 0 Å². The predicted molar refractivity (Wildman–Crippen MR) is 232 cm³/mol. The van der Waals surface area contributed by atoms with Crippen LogP contribution in [0.25, 0.3) is 33.6 Å². The van der Waals surface area contributed by atoms with E-state index in [1.807, 2.05) is 61.2 Å². The standard InChI is InChI=1S/2C15H13N3O4S.2C7H6N2/c2*1-18-13(15(20)17-12-8-4-5-9-16-12)14(19)10-6-2-3-7-11(10)23(18,21)22;2*1-2-4-7-6(3-1)8-5-9-7/h2*2-9,19H,1H3,(H,16,17,20);2*1-5H,(H,8,9). The Morgan fingerprint density at radius 3 is 1.27 bits per heavy atom. The van der Waals surface area contributed by atoms with Crippen LogP contribution in [-0.2, 0) is 29.6 Å². The molecule has 6 heterocycles. The Labute approximate surface area is 366 Å². The maximum Gasteiger partial charge on any atom is 0.273 e. The second-order valence-electron chi connectivity index (χ2n) is 13.6. The first-order valence-electron chi connectivity index (χ1n) is 19.1. The molecule has 4 aromatic heterocycles. The van der Waals surface area contributed by atoms with E-state index in [2.05, 4.69) is 40.5 Å². The van der Waals surface area contributed by atoms with Crippen LogP contribution in [0.15, 0.2) is 180 Å². The third-order valence-corrected chi connectivity index (χ3v) is 13.2. The SMILES string of the molecule is CN1C(C(=O)Nc2ccccn2)=C([O-])c2ccccc2S1(=O)=O.CN1C(C(=O)Nc2ccccn2)=C([O-])c2ccccc2S1(=O)=O.c1ccc2[nH+]c[nH]c2c1.c1ccc2[nH+]c[nH]c2c1. The molecule has 64 heavy (non-hydrogen) atoms. The molecule has 0 bridgehead atoms. The van der Waals surface area contributed by atoms with Gasteiger partial charge in [0.2, 0.25) is 12.7 Å². The summed E-state index contributed by atoms with van der Waals surface area (Å²) in [5.74, 6) is -2.49. The molecule has 2 aliphatic heterocycles. The van der Waals surface area contributed by atoms with Gasteiger partial charge in [0.25, 0.3) is 31.9 Å². The summed E-state index contributed by atoms with van der Waals surface area (Å²) in [6.07, 6.45) is 6.59. The summed E-state index contributed by atoms with van der Waals surface area (Å²) in [6.45, 7) is 0. The molecule has 0 spiro atoms. The number of imidazole rings is 2. The Morgan fingerprint density at radius 1 is 0.531 bits per heavy atom. The molecule has 0 atom stereocenters. The minimum atomic E-state index is -3.95. The molecule has 0 aliphatic carbocycles. The van der Waals surface area contributed by atoms with E-state index >= 15 is 0 Å². The molecule has 0 radical (unpaired) electrons. The van der Waals surface area contributed by atoms with Crippen LogP contribution in [0, 0.1) is 0 Å². The largest absolute Gasteiger partial charge is 0.870 e. The topological polar surface area (TPSA) is 265 Å². The number of nitrogens with zero attached hydrogens (tertiary/aromatic N) is 4. The number of benzene rings is 4. The van der Waals surface area contributed by atoms with E-state index in [0.29, 0.717) is 8.61 Å². The summed E-state index contributed by atoms with van der Waals surface area (Å²) in [7, 11) is -5.54. The highest BCUT2D eigenvalue weighted by Gasteiger charge is 2.35. The van der Waals surface area contributed by atoms with Crippen molar-refractivity contribution in [3.05, 3.63) is 181 Å². The molecule has 0 fully saturated rings. The number of pyridine rings is 2. The van der Waals surface area contributed by atoms with Crippen molar-refractivity contribution in [1.82, 2.24) is 28.5 Å². The molecule has 4 aromatic carbocycles. The molecular formula is C44H38N10O8S2. The van der Waals surface area contributed by atoms with Gasteiger partial charge in [0.1, 0.15) is 23.0 Å². The monoisotopic (exact) mass is 898 g/mol. The van der Waals surface area contributed by atoms with Crippen LogP contribution in [-0.4, -0.2) is 71.3 Å². The van der Waals surface area contributed by atoms with Gasteiger partial charge < -0.3 is 20.8 Å². The number of amides is 2. The van der Waals surface area contributed by atoms with Gasteiger partial charge in [0, 0.05) is 26.5 Å². The predicted octanol–water partition coefficient (Wildman–Crippen LogP) is 2.73. The number of sulfonamides is 2. The van der Waals surface area contributed by atoms with Crippen LogP contribution in [0.3, 0.4) is 0 Å². The number of para-hydroxylation sites is 4. The fourth-order valence-corrected chi connectivity index (χ4v) is 9.19. The van der Waals surface area contributed by atoms with Crippen LogP contribution < -0.4 is 30.8 Å². The van der Waals surface area contributed by atoms with Crippen LogP contribution in [0.2, 0.25) is 0 Å². The van der Waals surface area contributed by atoms with Crippen molar-refractivity contribution in [2.24, 2.45) is 0 Å². The minimum absolute atomic E-state index is 0.0169. The summed E-state index contributed by atoms with van der Waals surface area (Å²) < 4.78 is 51.3. The van der Waals surface area contributed by atoms with Crippen LogP contribution in [0.1, 0.15) is 11.1 Å². The first-order valence-corrected chi connectivity index (χ1v) is 22.0. The van der Waals surface area contributed by atoms with Gasteiger partial charge in [0.05, 0.1) is 9.79 Å². The molecule has 0 saturated heterocycles. The molecule has 324 valence electrons. The number of fused-ring (bicyclic) bond motifs is 4. The van der Waals surface area contributed by atoms with Crippen molar-refractivity contribution < 1.29 is 46.6 Å². The Balaban J connectivity index is 0.000000139. The number of aromatic amines is 4. The molecule has 2 amide bonds. The minimum Gasteiger partial charge on any atom is -0.870 e. The fourth-order valence-electron chi connectivity index (χ4n) is 6.40. The van der Waals surface area contributed by atoms with Crippen molar-refractivity contribution in [1.29, 1.82) is 0 Å². The molecular weight excluding hydrogens is 861 g/mol. The van der Waals surface area contributed by atoms with E-state index in [1.165, 1.54) is 75.0 Å². The van der Waals surface area contributed by atoms with E-state index in [4.69, 9.17) is 0 Å². The zero-order valence-electron chi connectivity index (χ0n) is 33.9. The Bertz CT molecular complexity index is 2990. The number of likely N-dealkylation sites (N-methyl/N-ethyl adjacent to an activating group) is 2. The lowest BCUT2D eigenvalue weighted by Gasteiger charge is -2.33. The Hall–Kier alpha value is -8.36. The van der Waals surface area contributed by atoms with Crippen molar-refractivity contribution >= 4 is 77.1 Å². The molecule has 10 rings (SSSR count). The van der Waals surface area contributed by atoms with Gasteiger partial charge in [-0.05, 0) is 71.8 Å². The van der Waals surface area contributed by atoms with E-state index in [9.17, 15) is 36.6 Å². The molecule has 20 heteroatoms. The van der Waals surface area contributed by atoms with E-state index in [0.717, 1.165) is 22.1 Å². The van der Waals surface area contributed by atoms with Crippen LogP contribution in [0.5, 0.6) is 0 Å². The van der Waals surface area contributed by atoms with E-state index in [-0.39, 0.29) is 32.6 Å². The number of H-pyrrole nitrogens is 4. The molecule has 18 nitrogen and oxygen atoms in total. The summed E-state index contributed by atoms with van der Waals surface area (Å²) in [5, 5.41) is 29.9. The van der Waals surface area contributed by atoms with Gasteiger partial charge >= 0.3 is 0 Å². The zero-order valence-corrected chi connectivity index (χ0v) is 35.5. The second-order valence-corrected chi connectivity index (χ2v) is 17.5. The lowest BCUT2D eigenvalue weighted by atomic mass is 10.1. The second kappa shape index (κ2) is 18.7. The van der Waals surface area contributed by atoms with Gasteiger partial charge in [-0.1, -0.05) is 84.3 Å². The molecule has 0 unspecified atom stereocenters. The molecule has 2 aliphatic rings. The number of aromatic nitrogens is 6. The average Bonchev–Trinajstić information content (AvgIpc) is 4.00. The van der Waals surface area contributed by atoms with Gasteiger partial charge in [-0.15, -0.1) is 0 Å². The number of nitrogens with one attached hydrogen (secondary N) is 6. The first kappa shape index (κ1) is 43.7. The smallest absolute Gasteiger partial charge is 0.273 e. The zero-order chi connectivity index (χ0) is 45.4. The maximum atomic E-state index is 12.5. The highest BCUT2D eigenvalue weighted by Crippen LogP contribution is 2.34. The lowest BCUT2D eigenvalue weighted by Crippen LogP contribution is -2.39. The Kier molecular flexibility index (Phi) is 12.8. The van der Waals surface area contributed by atoms with Gasteiger partial charge in [-0.3, -0.25) is 18.2 Å². The molecule has 0 saturated carbocycles. The lowest BCUT2D eigenvalue weighted by molar-refractivity contribution is -0.344. The molecule has 6 N–H and O–H groups in total. The number of carbonyl (C=O) groups excluding carboxylic acids is 2. The normalized spacial score (nSPS) is 14.3. The summed E-state index contributed by atoms with van der Waals surface area (Å²) in [5.41, 5.74) is 3.64. The number of carbonyl (C=O) groups is 2. The fraction of sp³-hybridized carbons (Fsp3) is 0.0455. The van der Waals surface area contributed by atoms with Gasteiger partial charge in [-0.2, -0.15) is 0 Å². The molecule has 8 aromatic rings. The van der Waals surface area contributed by atoms with Gasteiger partial charge in [-0.25, -0.2) is 46.7 Å². The third kappa shape index (κ3) is 9.12. The number of hydrogen-bond donors (Lipinski definition) is 4. The number of rotatable bonds is 4. The van der Waals surface area contributed by atoms with E-state index in [1.54, 1.807) is 36.4 Å². The van der Waals surface area contributed by atoms with E-state index < -0.39 is 54.8 Å². The summed E-state index contributed by atoms with van der Waals surface area (Å²) in [4.78, 5) is 44.6. The van der Waals surface area contributed by atoms with Crippen molar-refractivity contribution in [2.45, 2.75) is 9.79 Å². The van der Waals surface area contributed by atoms with Crippen molar-refractivity contribution in [3.8, 4) is 0 Å². The maximum absolute atomic E-state index is 12.5. The van der Waals surface area contributed by atoms with Crippen molar-refractivity contribution in [2.75, 3.05) is 24.7 Å². The quantitative estimate of drug-likeness (QED) is 0.201. The number of anilines is 2. The van der Waals surface area contributed by atoms with Crippen LogP contribution >= 0.6 is 0 Å². The Morgan fingerprint density at radius 2 is 0.891 bits per heavy atom. The highest BCUT2D eigenvalue weighted by molar-refractivity contribution is 7.89. The van der Waals surface area contributed by atoms with Crippen LogP contribution in [0.4, 0.5) is 11.6 Å². The first-order chi connectivity index (χ1) is 30.8. The average molecular weight is 899 g/mol. The number of hydrogen-bond acceptors (Lipinski definition) is 10. The van der Waals surface area contributed by atoms with Gasteiger partial charge in [0.15, 0.2) is 22.1 Å².